The summed E-state index contributed by atoms with van der Waals surface area (Å²) < 4.78 is 32.5. The molecule has 2 unspecified atom stereocenters. The third-order valence-corrected chi connectivity index (χ3v) is 5.37. The van der Waals surface area contributed by atoms with Crippen molar-refractivity contribution < 1.29 is 13.2 Å². The molecule has 6 nitrogen and oxygen atoms in total. The van der Waals surface area contributed by atoms with Crippen LogP contribution in [-0.2, 0) is 14.8 Å². The standard InChI is InChI=1S/C13H29N3O3S/c1-4-6-14-9-12(3)20(17,18)15-10-13-11-16(5-2)7-8-19-13/h12-15H,4-11H2,1-3H3. The van der Waals surface area contributed by atoms with E-state index in [1.165, 1.54) is 0 Å². The lowest BCUT2D eigenvalue weighted by atomic mass is 10.3. The van der Waals surface area contributed by atoms with Gasteiger partial charge in [0.05, 0.1) is 18.0 Å². The van der Waals surface area contributed by atoms with Crippen LogP contribution in [-0.4, -0.2) is 70.5 Å². The van der Waals surface area contributed by atoms with E-state index < -0.39 is 15.3 Å². The molecule has 0 bridgehead atoms. The van der Waals surface area contributed by atoms with E-state index in [0.717, 1.165) is 32.6 Å². The van der Waals surface area contributed by atoms with Gasteiger partial charge in [0.25, 0.3) is 0 Å². The molecule has 0 aromatic rings. The van der Waals surface area contributed by atoms with Gasteiger partial charge in [0.15, 0.2) is 0 Å². The second kappa shape index (κ2) is 8.94. The molecule has 0 amide bonds. The molecule has 1 heterocycles. The minimum atomic E-state index is -3.28. The van der Waals surface area contributed by atoms with Crippen molar-refractivity contribution in [3.05, 3.63) is 0 Å². The summed E-state index contributed by atoms with van der Waals surface area (Å²) in [5, 5.41) is 2.71. The van der Waals surface area contributed by atoms with Gasteiger partial charge in [0.2, 0.25) is 10.0 Å². The molecule has 1 saturated heterocycles. The van der Waals surface area contributed by atoms with Gasteiger partial charge in [0.1, 0.15) is 0 Å². The first-order valence-electron chi connectivity index (χ1n) is 7.52. The Labute approximate surface area is 123 Å². The van der Waals surface area contributed by atoms with Crippen LogP contribution >= 0.6 is 0 Å². The van der Waals surface area contributed by atoms with Crippen LogP contribution in [0, 0.1) is 0 Å². The molecule has 120 valence electrons. The quantitative estimate of drug-likeness (QED) is 0.588. The number of likely N-dealkylation sites (N-methyl/N-ethyl adjacent to an activating group) is 1. The van der Waals surface area contributed by atoms with Gasteiger partial charge in [-0.1, -0.05) is 13.8 Å². The van der Waals surface area contributed by atoms with E-state index in [-0.39, 0.29) is 6.10 Å². The molecule has 1 rings (SSSR count). The molecular weight excluding hydrogens is 278 g/mol. The smallest absolute Gasteiger partial charge is 0.215 e. The Bertz CT molecular complexity index is 362. The monoisotopic (exact) mass is 307 g/mol. The SMILES string of the molecule is CCCNCC(C)S(=O)(=O)NCC1CN(CC)CCO1. The van der Waals surface area contributed by atoms with Crippen molar-refractivity contribution in [1.29, 1.82) is 0 Å². The minimum Gasteiger partial charge on any atom is -0.374 e. The zero-order valence-electron chi connectivity index (χ0n) is 12.9. The maximum absolute atomic E-state index is 12.1. The van der Waals surface area contributed by atoms with Gasteiger partial charge in [0, 0.05) is 26.2 Å². The maximum Gasteiger partial charge on any atom is 0.215 e. The third-order valence-electron chi connectivity index (χ3n) is 3.57. The third kappa shape index (κ3) is 6.05. The first-order chi connectivity index (χ1) is 9.49. The Hall–Kier alpha value is -0.210. The summed E-state index contributed by atoms with van der Waals surface area (Å²) in [5.74, 6) is 0. The van der Waals surface area contributed by atoms with Crippen molar-refractivity contribution in [2.75, 3.05) is 45.9 Å². The minimum absolute atomic E-state index is 0.0470. The zero-order chi connectivity index (χ0) is 15.0. The van der Waals surface area contributed by atoms with Gasteiger partial charge in [-0.25, -0.2) is 13.1 Å². The molecule has 1 aliphatic heterocycles. The Morgan fingerprint density at radius 1 is 1.40 bits per heavy atom. The van der Waals surface area contributed by atoms with Crippen LogP contribution in [0.1, 0.15) is 27.2 Å². The van der Waals surface area contributed by atoms with Crippen LogP contribution in [0.2, 0.25) is 0 Å². The summed E-state index contributed by atoms with van der Waals surface area (Å²) in [6.07, 6.45) is 0.956. The number of hydrogen-bond acceptors (Lipinski definition) is 5. The lowest BCUT2D eigenvalue weighted by Crippen LogP contribution is -2.49. The van der Waals surface area contributed by atoms with Gasteiger partial charge in [-0.05, 0) is 26.4 Å². The Balaban J connectivity index is 2.34. The number of rotatable bonds is 9. The topological polar surface area (TPSA) is 70.7 Å². The molecule has 20 heavy (non-hydrogen) atoms. The zero-order valence-corrected chi connectivity index (χ0v) is 13.7. The molecule has 1 aliphatic rings. The Kier molecular flexibility index (Phi) is 7.98. The Morgan fingerprint density at radius 3 is 2.80 bits per heavy atom. The predicted octanol–water partition coefficient (Wildman–Crippen LogP) is 0.0146. The molecule has 1 fully saturated rings. The van der Waals surface area contributed by atoms with Crippen molar-refractivity contribution in [1.82, 2.24) is 14.9 Å². The van der Waals surface area contributed by atoms with Gasteiger partial charge < -0.3 is 10.1 Å². The summed E-state index contributed by atoms with van der Waals surface area (Å²) in [6.45, 7) is 10.9. The normalized spacial score (nSPS) is 22.9. The molecule has 0 saturated carbocycles. The molecule has 7 heteroatoms. The largest absolute Gasteiger partial charge is 0.374 e. The molecular formula is C13H29N3O3S. The van der Waals surface area contributed by atoms with Crippen molar-refractivity contribution in [3.8, 4) is 0 Å². The second-order valence-corrected chi connectivity index (χ2v) is 7.48. The maximum atomic E-state index is 12.1. The highest BCUT2D eigenvalue weighted by atomic mass is 32.2. The van der Waals surface area contributed by atoms with Crippen molar-refractivity contribution in [2.24, 2.45) is 0 Å². The highest BCUT2D eigenvalue weighted by Gasteiger charge is 2.24. The fraction of sp³-hybridized carbons (Fsp3) is 1.00. The van der Waals surface area contributed by atoms with E-state index in [0.29, 0.717) is 19.7 Å². The molecule has 0 aromatic heterocycles. The molecule has 0 spiro atoms. The fourth-order valence-corrected chi connectivity index (χ4v) is 3.17. The van der Waals surface area contributed by atoms with E-state index in [2.05, 4.69) is 28.8 Å². The summed E-state index contributed by atoms with van der Waals surface area (Å²) in [5.41, 5.74) is 0. The molecule has 0 aliphatic carbocycles. The lowest BCUT2D eigenvalue weighted by molar-refractivity contribution is -0.0229. The van der Waals surface area contributed by atoms with E-state index in [9.17, 15) is 8.42 Å². The second-order valence-electron chi connectivity index (χ2n) is 5.29. The number of nitrogens with one attached hydrogen (secondary N) is 2. The van der Waals surface area contributed by atoms with Crippen LogP contribution in [0.15, 0.2) is 0 Å². The van der Waals surface area contributed by atoms with Crippen molar-refractivity contribution in [2.45, 2.75) is 38.5 Å². The Morgan fingerprint density at radius 2 is 2.15 bits per heavy atom. The predicted molar refractivity (Wildman–Crippen MR) is 81.4 cm³/mol. The highest BCUT2D eigenvalue weighted by Crippen LogP contribution is 2.05. The summed E-state index contributed by atoms with van der Waals surface area (Å²) in [6, 6.07) is 0. The molecule has 0 radical (unpaired) electrons. The number of sulfonamides is 1. The lowest BCUT2D eigenvalue weighted by Gasteiger charge is -2.32. The number of nitrogens with zero attached hydrogens (tertiary/aromatic N) is 1. The number of morpholine rings is 1. The van der Waals surface area contributed by atoms with Gasteiger partial charge >= 0.3 is 0 Å². The van der Waals surface area contributed by atoms with Crippen molar-refractivity contribution >= 4 is 10.0 Å². The van der Waals surface area contributed by atoms with Crippen LogP contribution in [0.3, 0.4) is 0 Å². The average molecular weight is 307 g/mol. The fourth-order valence-electron chi connectivity index (χ4n) is 2.13. The highest BCUT2D eigenvalue weighted by molar-refractivity contribution is 7.90. The average Bonchev–Trinajstić information content (AvgIpc) is 2.45. The van der Waals surface area contributed by atoms with Crippen LogP contribution in [0.4, 0.5) is 0 Å². The van der Waals surface area contributed by atoms with E-state index in [1.54, 1.807) is 6.92 Å². The molecule has 2 atom stereocenters. The van der Waals surface area contributed by atoms with E-state index in [1.807, 2.05) is 0 Å². The first kappa shape index (κ1) is 17.8. The van der Waals surface area contributed by atoms with Gasteiger partial charge in [-0.3, -0.25) is 4.90 Å². The summed E-state index contributed by atoms with van der Waals surface area (Å²) in [7, 11) is -3.28. The first-order valence-corrected chi connectivity index (χ1v) is 9.07. The van der Waals surface area contributed by atoms with Crippen LogP contribution in [0.5, 0.6) is 0 Å². The van der Waals surface area contributed by atoms with Gasteiger partial charge in [-0.2, -0.15) is 0 Å². The number of ether oxygens (including phenoxy) is 1. The van der Waals surface area contributed by atoms with Crippen LogP contribution < -0.4 is 10.0 Å². The van der Waals surface area contributed by atoms with E-state index in [4.69, 9.17) is 4.74 Å². The van der Waals surface area contributed by atoms with Crippen LogP contribution in [0.25, 0.3) is 0 Å². The molecule has 0 aromatic carbocycles. The summed E-state index contributed by atoms with van der Waals surface area (Å²) in [4.78, 5) is 2.27. The number of hydrogen-bond donors (Lipinski definition) is 2. The molecule has 2 N–H and O–H groups in total. The van der Waals surface area contributed by atoms with Crippen molar-refractivity contribution in [3.63, 3.8) is 0 Å². The van der Waals surface area contributed by atoms with Gasteiger partial charge in [-0.15, -0.1) is 0 Å². The summed E-state index contributed by atoms with van der Waals surface area (Å²) >= 11 is 0. The van der Waals surface area contributed by atoms with E-state index >= 15 is 0 Å².